The predicted octanol–water partition coefficient (Wildman–Crippen LogP) is 2.32. The molecule has 0 bridgehead atoms. The molecule has 0 aromatic heterocycles. The van der Waals surface area contributed by atoms with Gasteiger partial charge in [-0.3, -0.25) is 4.79 Å². The van der Waals surface area contributed by atoms with Crippen LogP contribution in [0.5, 0.6) is 0 Å². The fourth-order valence-electron chi connectivity index (χ4n) is 2.31. The third-order valence-corrected chi connectivity index (χ3v) is 3.62. The van der Waals surface area contributed by atoms with Gasteiger partial charge in [-0.2, -0.15) is 0 Å². The Balaban J connectivity index is 2.34. The summed E-state index contributed by atoms with van der Waals surface area (Å²) in [6.45, 7) is 4.56. The van der Waals surface area contributed by atoms with E-state index in [1.807, 2.05) is 0 Å². The molecule has 1 atom stereocenters. The van der Waals surface area contributed by atoms with Gasteiger partial charge in [-0.15, -0.1) is 0 Å². The highest BCUT2D eigenvalue weighted by Crippen LogP contribution is 2.34. The van der Waals surface area contributed by atoms with Crippen molar-refractivity contribution in [2.75, 3.05) is 0 Å². The van der Waals surface area contributed by atoms with E-state index < -0.39 is 0 Å². The summed E-state index contributed by atoms with van der Waals surface area (Å²) in [6, 6.07) is 0. The van der Waals surface area contributed by atoms with Gasteiger partial charge in [-0.1, -0.05) is 20.3 Å². The van der Waals surface area contributed by atoms with Crippen molar-refractivity contribution < 1.29 is 4.79 Å². The third-order valence-electron chi connectivity index (χ3n) is 3.62. The number of carbonyl (C=O) groups excluding carboxylic acids is 1. The van der Waals surface area contributed by atoms with Gasteiger partial charge < -0.3 is 5.73 Å². The zero-order chi connectivity index (χ0) is 9.84. The lowest BCUT2D eigenvalue weighted by molar-refractivity contribution is -0.123. The number of hydrogen-bond donors (Lipinski definition) is 1. The second kappa shape index (κ2) is 4.64. The molecule has 2 nitrogen and oxygen atoms in total. The van der Waals surface area contributed by atoms with Gasteiger partial charge >= 0.3 is 0 Å². The number of nitrogens with two attached hydrogens (primary N) is 1. The Bertz CT molecular complexity index is 171. The van der Waals surface area contributed by atoms with Crippen LogP contribution < -0.4 is 5.73 Å². The van der Waals surface area contributed by atoms with Crippen molar-refractivity contribution in [1.82, 2.24) is 0 Å². The molecule has 0 spiro atoms. The average Bonchev–Trinajstić information content (AvgIpc) is 2.17. The number of hydrogen-bond acceptors (Lipinski definition) is 1. The Morgan fingerprint density at radius 3 is 2.31 bits per heavy atom. The zero-order valence-corrected chi connectivity index (χ0v) is 8.75. The third kappa shape index (κ3) is 2.71. The summed E-state index contributed by atoms with van der Waals surface area (Å²) in [4.78, 5) is 10.9. The van der Waals surface area contributed by atoms with Crippen molar-refractivity contribution in [1.29, 1.82) is 0 Å². The summed E-state index contributed by atoms with van der Waals surface area (Å²) in [6.07, 6.45) is 5.69. The molecule has 2 heteroatoms. The Morgan fingerprint density at radius 2 is 1.92 bits per heavy atom. The van der Waals surface area contributed by atoms with Crippen molar-refractivity contribution in [2.24, 2.45) is 23.5 Å². The summed E-state index contributed by atoms with van der Waals surface area (Å²) in [5.74, 6) is 1.72. The van der Waals surface area contributed by atoms with Gasteiger partial charge in [0, 0.05) is 5.92 Å². The van der Waals surface area contributed by atoms with E-state index in [2.05, 4.69) is 13.8 Å². The van der Waals surface area contributed by atoms with Crippen LogP contribution in [-0.2, 0) is 4.79 Å². The molecule has 1 amide bonds. The van der Waals surface area contributed by atoms with Crippen LogP contribution >= 0.6 is 0 Å². The molecule has 1 fully saturated rings. The summed E-state index contributed by atoms with van der Waals surface area (Å²) in [5.41, 5.74) is 5.28. The number of rotatable bonds is 3. The van der Waals surface area contributed by atoms with Crippen LogP contribution in [0.4, 0.5) is 0 Å². The van der Waals surface area contributed by atoms with E-state index in [9.17, 15) is 4.79 Å². The van der Waals surface area contributed by atoms with E-state index in [0.717, 1.165) is 24.7 Å². The van der Waals surface area contributed by atoms with E-state index >= 15 is 0 Å². The molecule has 2 N–H and O–H groups in total. The Morgan fingerprint density at radius 1 is 1.38 bits per heavy atom. The van der Waals surface area contributed by atoms with Crippen LogP contribution in [0.15, 0.2) is 0 Å². The average molecular weight is 183 g/mol. The normalized spacial score (nSPS) is 31.2. The topological polar surface area (TPSA) is 43.1 Å². The molecule has 1 aliphatic carbocycles. The molecule has 0 saturated heterocycles. The summed E-state index contributed by atoms with van der Waals surface area (Å²) in [5, 5.41) is 0. The Kier molecular flexibility index (Phi) is 3.76. The molecule has 1 aliphatic rings. The first-order valence-electron chi connectivity index (χ1n) is 5.44. The van der Waals surface area contributed by atoms with E-state index in [-0.39, 0.29) is 11.8 Å². The van der Waals surface area contributed by atoms with Crippen LogP contribution in [0.1, 0.15) is 46.0 Å². The smallest absolute Gasteiger partial charge is 0.220 e. The van der Waals surface area contributed by atoms with Crippen LogP contribution in [0.25, 0.3) is 0 Å². The highest BCUT2D eigenvalue weighted by atomic mass is 16.1. The lowest BCUT2D eigenvalue weighted by Gasteiger charge is -2.30. The van der Waals surface area contributed by atoms with E-state index in [4.69, 9.17) is 5.73 Å². The van der Waals surface area contributed by atoms with Crippen LogP contribution in [0.2, 0.25) is 0 Å². The molecule has 0 aliphatic heterocycles. The maximum absolute atomic E-state index is 10.9. The molecule has 1 saturated carbocycles. The van der Waals surface area contributed by atoms with Crippen molar-refractivity contribution in [2.45, 2.75) is 46.0 Å². The first-order valence-corrected chi connectivity index (χ1v) is 5.44. The van der Waals surface area contributed by atoms with Crippen LogP contribution in [-0.4, -0.2) is 5.91 Å². The van der Waals surface area contributed by atoms with Gasteiger partial charge in [-0.25, -0.2) is 0 Å². The summed E-state index contributed by atoms with van der Waals surface area (Å²) < 4.78 is 0. The molecule has 0 aromatic carbocycles. The molecule has 0 radical (unpaired) electrons. The second-order valence-electron chi connectivity index (χ2n) is 4.40. The van der Waals surface area contributed by atoms with Gasteiger partial charge in [0.05, 0.1) is 0 Å². The Labute approximate surface area is 80.9 Å². The van der Waals surface area contributed by atoms with Crippen LogP contribution in [0.3, 0.4) is 0 Å². The minimum absolute atomic E-state index is 0.0948. The van der Waals surface area contributed by atoms with E-state index in [0.29, 0.717) is 0 Å². The van der Waals surface area contributed by atoms with Crippen LogP contribution in [0, 0.1) is 17.8 Å². The van der Waals surface area contributed by atoms with E-state index in [1.165, 1.54) is 19.3 Å². The quantitative estimate of drug-likeness (QED) is 0.717. The predicted molar refractivity (Wildman–Crippen MR) is 54.1 cm³/mol. The summed E-state index contributed by atoms with van der Waals surface area (Å²) in [7, 11) is 0. The molecular weight excluding hydrogens is 162 g/mol. The van der Waals surface area contributed by atoms with Crippen molar-refractivity contribution in [3.05, 3.63) is 0 Å². The Hall–Kier alpha value is -0.530. The lowest BCUT2D eigenvalue weighted by Crippen LogP contribution is -2.29. The van der Waals surface area contributed by atoms with Gasteiger partial charge in [0.1, 0.15) is 0 Å². The minimum Gasteiger partial charge on any atom is -0.369 e. The molecule has 0 aromatic rings. The highest BCUT2D eigenvalue weighted by molar-refractivity contribution is 5.76. The fourth-order valence-corrected chi connectivity index (χ4v) is 2.31. The maximum Gasteiger partial charge on any atom is 0.220 e. The number of carbonyl (C=O) groups is 1. The standard InChI is InChI=1S/C11H21NO/c1-3-8(2)9-4-6-10(7-5-9)11(12)13/h8-10H,3-7H2,1-2H3,(H2,12,13). The second-order valence-corrected chi connectivity index (χ2v) is 4.40. The fraction of sp³-hybridized carbons (Fsp3) is 0.909. The van der Waals surface area contributed by atoms with Crippen molar-refractivity contribution in [3.63, 3.8) is 0 Å². The molecule has 76 valence electrons. The summed E-state index contributed by atoms with van der Waals surface area (Å²) >= 11 is 0. The lowest BCUT2D eigenvalue weighted by atomic mass is 9.75. The minimum atomic E-state index is -0.0948. The van der Waals surface area contributed by atoms with Gasteiger partial charge in [0.15, 0.2) is 0 Å². The van der Waals surface area contributed by atoms with E-state index in [1.54, 1.807) is 0 Å². The molecule has 1 rings (SSSR count). The highest BCUT2D eigenvalue weighted by Gasteiger charge is 2.26. The largest absolute Gasteiger partial charge is 0.369 e. The molecule has 13 heavy (non-hydrogen) atoms. The molecule has 1 unspecified atom stereocenters. The van der Waals surface area contributed by atoms with Gasteiger partial charge in [0.2, 0.25) is 5.91 Å². The first-order chi connectivity index (χ1) is 6.15. The van der Waals surface area contributed by atoms with Gasteiger partial charge in [0.25, 0.3) is 0 Å². The van der Waals surface area contributed by atoms with Crippen molar-refractivity contribution >= 4 is 5.91 Å². The molecule has 0 heterocycles. The first kappa shape index (κ1) is 10.6. The maximum atomic E-state index is 10.9. The SMILES string of the molecule is CCC(C)C1CCC(C(N)=O)CC1. The molecular formula is C11H21NO. The zero-order valence-electron chi connectivity index (χ0n) is 8.75. The number of amides is 1. The van der Waals surface area contributed by atoms with Crippen molar-refractivity contribution in [3.8, 4) is 0 Å². The monoisotopic (exact) mass is 183 g/mol. The van der Waals surface area contributed by atoms with Gasteiger partial charge in [-0.05, 0) is 37.5 Å². The number of primary amides is 1.